The molecule has 1 amide bonds. The highest BCUT2D eigenvalue weighted by Gasteiger charge is 2.11. The molecule has 94 valence electrons. The van der Waals surface area contributed by atoms with Crippen LogP contribution in [-0.4, -0.2) is 16.5 Å². The van der Waals surface area contributed by atoms with Crippen LogP contribution < -0.4 is 10.9 Å². The molecule has 1 rings (SSSR count). The maximum Gasteiger partial charge on any atom is 0.253 e. The van der Waals surface area contributed by atoms with Crippen molar-refractivity contribution in [1.29, 1.82) is 0 Å². The second-order valence-electron chi connectivity index (χ2n) is 4.72. The van der Waals surface area contributed by atoms with Crippen LogP contribution in [0.15, 0.2) is 23.1 Å². The summed E-state index contributed by atoms with van der Waals surface area (Å²) in [5, 5.41) is 2.88. The topological polar surface area (TPSA) is 51.1 Å². The van der Waals surface area contributed by atoms with E-state index < -0.39 is 0 Å². The van der Waals surface area contributed by atoms with Crippen LogP contribution in [0.1, 0.15) is 26.3 Å². The first-order valence-corrected chi connectivity index (χ1v) is 5.87. The van der Waals surface area contributed by atoms with Crippen LogP contribution in [0.5, 0.6) is 0 Å². The summed E-state index contributed by atoms with van der Waals surface area (Å²) < 4.78 is 1.43. The average Bonchev–Trinajstić information content (AvgIpc) is 2.24. The number of nitrogens with zero attached hydrogens (tertiary/aromatic N) is 1. The lowest BCUT2D eigenvalue weighted by atomic mass is 10.1. The number of aromatic nitrogens is 1. The fourth-order valence-corrected chi connectivity index (χ4v) is 1.40. The van der Waals surface area contributed by atoms with Gasteiger partial charge in [-0.2, -0.15) is 0 Å². The molecule has 0 aliphatic rings. The van der Waals surface area contributed by atoms with Gasteiger partial charge in [-0.15, -0.1) is 0 Å². The molecule has 0 fully saturated rings. The average molecular weight is 236 g/mol. The smallest absolute Gasteiger partial charge is 0.253 e. The van der Waals surface area contributed by atoms with Crippen molar-refractivity contribution in [3.8, 4) is 0 Å². The number of nitrogens with one attached hydrogen (secondary N) is 1. The molecule has 1 aromatic rings. The van der Waals surface area contributed by atoms with E-state index in [1.165, 1.54) is 4.57 Å². The zero-order valence-corrected chi connectivity index (χ0v) is 10.9. The van der Waals surface area contributed by atoms with Gasteiger partial charge >= 0.3 is 0 Å². The third-order valence-corrected chi connectivity index (χ3v) is 2.91. The second-order valence-corrected chi connectivity index (χ2v) is 4.72. The Balaban J connectivity index is 2.69. The van der Waals surface area contributed by atoms with Crippen LogP contribution >= 0.6 is 0 Å². The molecular formula is C13H20N2O2. The van der Waals surface area contributed by atoms with Gasteiger partial charge in [0.2, 0.25) is 5.91 Å². The summed E-state index contributed by atoms with van der Waals surface area (Å²) in [4.78, 5) is 23.4. The third kappa shape index (κ3) is 3.73. The van der Waals surface area contributed by atoms with E-state index in [-0.39, 0.29) is 24.1 Å². The van der Waals surface area contributed by atoms with Crippen LogP contribution in [0.25, 0.3) is 0 Å². The molecule has 17 heavy (non-hydrogen) atoms. The maximum atomic E-state index is 11.7. The molecular weight excluding hydrogens is 216 g/mol. The lowest BCUT2D eigenvalue weighted by Gasteiger charge is -2.17. The number of carbonyl (C=O) groups excluding carboxylic acids is 1. The SMILES string of the molecule is Cc1cccn(CC(=O)NC(C)C(C)C)c1=O. The molecule has 0 bridgehead atoms. The van der Waals surface area contributed by atoms with Gasteiger partial charge in [0.05, 0.1) is 0 Å². The minimum absolute atomic E-state index is 0.0809. The predicted molar refractivity (Wildman–Crippen MR) is 67.9 cm³/mol. The molecule has 1 N–H and O–H groups in total. The Bertz CT molecular complexity index is 449. The van der Waals surface area contributed by atoms with Crippen molar-refractivity contribution >= 4 is 5.91 Å². The van der Waals surface area contributed by atoms with E-state index in [0.29, 0.717) is 11.5 Å². The molecule has 1 unspecified atom stereocenters. The number of aryl methyl sites for hydroxylation is 1. The molecule has 1 aromatic heterocycles. The van der Waals surface area contributed by atoms with Gasteiger partial charge < -0.3 is 9.88 Å². The Morgan fingerprint density at radius 1 is 1.41 bits per heavy atom. The Kier molecular flexibility index (Phi) is 4.49. The van der Waals surface area contributed by atoms with E-state index in [1.807, 2.05) is 20.8 Å². The van der Waals surface area contributed by atoms with Gasteiger partial charge in [-0.25, -0.2) is 0 Å². The highest BCUT2D eigenvalue weighted by atomic mass is 16.2. The van der Waals surface area contributed by atoms with Gasteiger partial charge in [-0.3, -0.25) is 9.59 Å². The van der Waals surface area contributed by atoms with Gasteiger partial charge in [0.25, 0.3) is 5.56 Å². The highest BCUT2D eigenvalue weighted by Crippen LogP contribution is 1.99. The molecule has 0 saturated heterocycles. The summed E-state index contributed by atoms with van der Waals surface area (Å²) in [5.74, 6) is 0.257. The highest BCUT2D eigenvalue weighted by molar-refractivity contribution is 5.76. The minimum atomic E-state index is -0.126. The molecule has 0 aliphatic carbocycles. The van der Waals surface area contributed by atoms with Crippen molar-refractivity contribution < 1.29 is 4.79 Å². The van der Waals surface area contributed by atoms with Crippen LogP contribution in [0, 0.1) is 12.8 Å². The molecule has 4 nitrogen and oxygen atoms in total. The first-order chi connectivity index (χ1) is 7.91. The van der Waals surface area contributed by atoms with E-state index in [4.69, 9.17) is 0 Å². The number of hydrogen-bond donors (Lipinski definition) is 1. The Morgan fingerprint density at radius 2 is 2.06 bits per heavy atom. The summed E-state index contributed by atoms with van der Waals surface area (Å²) >= 11 is 0. The van der Waals surface area contributed by atoms with E-state index in [9.17, 15) is 9.59 Å². The molecule has 4 heteroatoms. The maximum absolute atomic E-state index is 11.7. The number of hydrogen-bond acceptors (Lipinski definition) is 2. The summed E-state index contributed by atoms with van der Waals surface area (Å²) in [6.07, 6.45) is 1.63. The van der Waals surface area contributed by atoms with Gasteiger partial charge in [-0.1, -0.05) is 19.9 Å². The minimum Gasteiger partial charge on any atom is -0.352 e. The quantitative estimate of drug-likeness (QED) is 0.857. The van der Waals surface area contributed by atoms with Gasteiger partial charge in [0.15, 0.2) is 0 Å². The van der Waals surface area contributed by atoms with E-state index in [2.05, 4.69) is 5.32 Å². The molecule has 0 saturated carbocycles. The van der Waals surface area contributed by atoms with Crippen molar-refractivity contribution in [2.24, 2.45) is 5.92 Å². The molecule has 1 heterocycles. The first-order valence-electron chi connectivity index (χ1n) is 5.87. The lowest BCUT2D eigenvalue weighted by molar-refractivity contribution is -0.122. The number of carbonyl (C=O) groups is 1. The van der Waals surface area contributed by atoms with Crippen molar-refractivity contribution in [1.82, 2.24) is 9.88 Å². The molecule has 1 atom stereocenters. The number of rotatable bonds is 4. The summed E-state index contributed by atoms with van der Waals surface area (Å²) in [6.45, 7) is 7.88. The van der Waals surface area contributed by atoms with Gasteiger partial charge in [0, 0.05) is 17.8 Å². The normalized spacial score (nSPS) is 12.5. The zero-order valence-electron chi connectivity index (χ0n) is 10.9. The van der Waals surface area contributed by atoms with Crippen LogP contribution in [-0.2, 0) is 11.3 Å². The molecule has 0 aromatic carbocycles. The monoisotopic (exact) mass is 236 g/mol. The van der Waals surface area contributed by atoms with Crippen molar-refractivity contribution in [3.63, 3.8) is 0 Å². The van der Waals surface area contributed by atoms with Gasteiger partial charge in [0.1, 0.15) is 6.54 Å². The van der Waals surface area contributed by atoms with Crippen molar-refractivity contribution in [2.75, 3.05) is 0 Å². The number of pyridine rings is 1. The molecule has 0 aliphatic heterocycles. The first kappa shape index (κ1) is 13.5. The summed E-state index contributed by atoms with van der Waals surface area (Å²) in [7, 11) is 0. The third-order valence-electron chi connectivity index (χ3n) is 2.91. The van der Waals surface area contributed by atoms with Crippen molar-refractivity contribution in [2.45, 2.75) is 40.3 Å². The number of amides is 1. The largest absolute Gasteiger partial charge is 0.352 e. The molecule has 0 spiro atoms. The van der Waals surface area contributed by atoms with E-state index in [1.54, 1.807) is 25.3 Å². The lowest BCUT2D eigenvalue weighted by Crippen LogP contribution is -2.39. The fourth-order valence-electron chi connectivity index (χ4n) is 1.40. The summed E-state index contributed by atoms with van der Waals surface area (Å²) in [5.41, 5.74) is 0.539. The van der Waals surface area contributed by atoms with E-state index >= 15 is 0 Å². The Morgan fingerprint density at radius 3 is 2.65 bits per heavy atom. The van der Waals surface area contributed by atoms with Crippen molar-refractivity contribution in [3.05, 3.63) is 34.2 Å². The van der Waals surface area contributed by atoms with Crippen LogP contribution in [0.2, 0.25) is 0 Å². The second kappa shape index (κ2) is 5.66. The standard InChI is InChI=1S/C13H20N2O2/c1-9(2)11(4)14-12(16)8-15-7-5-6-10(3)13(15)17/h5-7,9,11H,8H2,1-4H3,(H,14,16). The zero-order chi connectivity index (χ0) is 13.0. The van der Waals surface area contributed by atoms with E-state index in [0.717, 1.165) is 0 Å². The Hall–Kier alpha value is -1.58. The van der Waals surface area contributed by atoms with Crippen LogP contribution in [0.4, 0.5) is 0 Å². The van der Waals surface area contributed by atoms with Crippen LogP contribution in [0.3, 0.4) is 0 Å². The Labute approximate surface area is 102 Å². The fraction of sp³-hybridized carbons (Fsp3) is 0.538. The summed E-state index contributed by atoms with van der Waals surface area (Å²) in [6, 6.07) is 3.63. The molecule has 0 radical (unpaired) electrons. The van der Waals surface area contributed by atoms with Gasteiger partial charge in [-0.05, 0) is 25.8 Å². The predicted octanol–water partition coefficient (Wildman–Crippen LogP) is 1.32.